The Morgan fingerprint density at radius 1 is 0.406 bits per heavy atom. The van der Waals surface area contributed by atoms with Gasteiger partial charge in [0.05, 0.1) is 0 Å². The second kappa shape index (κ2) is 6.89. The van der Waals surface area contributed by atoms with Crippen molar-refractivity contribution >= 4 is 10.8 Å². The maximum atomic E-state index is 6.03. The molecule has 2 bridgehead atoms. The van der Waals surface area contributed by atoms with Crippen molar-refractivity contribution in [1.29, 1.82) is 0 Å². The molecule has 5 aromatic rings. The third-order valence-electron chi connectivity index (χ3n) is 6.75. The van der Waals surface area contributed by atoms with Crippen LogP contribution in [0.1, 0.15) is 34.5 Å². The Kier molecular flexibility index (Phi) is 3.86. The molecule has 2 nitrogen and oxygen atoms in total. The summed E-state index contributed by atoms with van der Waals surface area (Å²) in [6.07, 6.45) is -0.512. The molecule has 152 valence electrons. The van der Waals surface area contributed by atoms with Crippen molar-refractivity contribution in [3.8, 4) is 22.3 Å². The van der Waals surface area contributed by atoms with Gasteiger partial charge in [-0.05, 0) is 44.2 Å². The van der Waals surface area contributed by atoms with Crippen LogP contribution in [-0.4, -0.2) is 0 Å². The van der Waals surface area contributed by atoms with E-state index in [2.05, 4.69) is 109 Å². The molecule has 0 saturated carbocycles. The molecule has 0 fully saturated rings. The molecule has 3 aliphatic rings. The number of benzene rings is 5. The zero-order chi connectivity index (χ0) is 21.1. The summed E-state index contributed by atoms with van der Waals surface area (Å²) < 4.78 is 0. The lowest BCUT2D eigenvalue weighted by molar-refractivity contribution is -0.360. The highest BCUT2D eigenvalue weighted by Crippen LogP contribution is 2.57. The van der Waals surface area contributed by atoms with Gasteiger partial charge in [-0.3, -0.25) is 0 Å². The van der Waals surface area contributed by atoms with E-state index in [0.717, 1.165) is 0 Å². The predicted molar refractivity (Wildman–Crippen MR) is 127 cm³/mol. The summed E-state index contributed by atoms with van der Waals surface area (Å²) in [5.41, 5.74) is 9.73. The van der Waals surface area contributed by atoms with Gasteiger partial charge in [-0.15, -0.1) is 0 Å². The standard InChI is InChI=1S/C30H20O2/c1-3-11-19(12-4-1)25-21-15-7-8-16-22(21)26(20-13-5-2-6-14-20)28-27(25)29-23-17-9-10-18-24(23)30(28)32-31-29/h1-18,29-30H. The number of rotatable bonds is 2. The first kappa shape index (κ1) is 17.9. The lowest BCUT2D eigenvalue weighted by atomic mass is 9.73. The topological polar surface area (TPSA) is 18.5 Å². The highest BCUT2D eigenvalue weighted by Gasteiger charge is 2.44. The normalized spacial score (nSPS) is 18.4. The smallest absolute Gasteiger partial charge is 0.144 e. The fourth-order valence-electron chi connectivity index (χ4n) is 5.47. The largest absolute Gasteiger partial charge is 0.223 e. The van der Waals surface area contributed by atoms with Crippen LogP contribution in [0.4, 0.5) is 0 Å². The summed E-state index contributed by atoms with van der Waals surface area (Å²) in [6, 6.07) is 38.6. The summed E-state index contributed by atoms with van der Waals surface area (Å²) in [7, 11) is 0. The highest BCUT2D eigenvalue weighted by molar-refractivity contribution is 6.08. The second-order valence-corrected chi connectivity index (χ2v) is 8.44. The zero-order valence-corrected chi connectivity index (χ0v) is 17.4. The lowest BCUT2D eigenvalue weighted by Crippen LogP contribution is -2.30. The van der Waals surface area contributed by atoms with Crippen molar-refractivity contribution in [3.05, 3.63) is 131 Å². The highest BCUT2D eigenvalue weighted by atomic mass is 17.2. The van der Waals surface area contributed by atoms with Crippen molar-refractivity contribution < 1.29 is 9.78 Å². The fraction of sp³-hybridized carbons (Fsp3) is 0.0667. The summed E-state index contributed by atoms with van der Waals surface area (Å²) in [5, 5.41) is 2.48. The minimum atomic E-state index is -0.256. The van der Waals surface area contributed by atoms with E-state index in [1.165, 1.54) is 55.3 Å². The monoisotopic (exact) mass is 412 g/mol. The summed E-state index contributed by atoms with van der Waals surface area (Å²) >= 11 is 0. The van der Waals surface area contributed by atoms with Crippen LogP contribution in [0.25, 0.3) is 33.0 Å². The van der Waals surface area contributed by atoms with E-state index in [1.807, 2.05) is 0 Å². The first-order chi connectivity index (χ1) is 15.9. The minimum absolute atomic E-state index is 0.256. The molecular formula is C30H20O2. The van der Waals surface area contributed by atoms with Gasteiger partial charge in [0, 0.05) is 11.1 Å². The third-order valence-corrected chi connectivity index (χ3v) is 6.75. The van der Waals surface area contributed by atoms with Crippen molar-refractivity contribution in [2.45, 2.75) is 12.2 Å². The average molecular weight is 412 g/mol. The summed E-state index contributed by atoms with van der Waals surface area (Å²) in [6.45, 7) is 0. The van der Waals surface area contributed by atoms with Crippen LogP contribution in [0.2, 0.25) is 0 Å². The third kappa shape index (κ3) is 2.42. The Labute approximate surface area is 186 Å². The van der Waals surface area contributed by atoms with Gasteiger partial charge in [0.1, 0.15) is 12.2 Å². The fourth-order valence-corrected chi connectivity index (χ4v) is 5.47. The van der Waals surface area contributed by atoms with Gasteiger partial charge in [-0.1, -0.05) is 109 Å². The van der Waals surface area contributed by atoms with Crippen molar-refractivity contribution in [3.63, 3.8) is 0 Å². The molecule has 2 heterocycles. The maximum absolute atomic E-state index is 6.03. The van der Waals surface area contributed by atoms with Crippen molar-refractivity contribution in [2.75, 3.05) is 0 Å². The quantitative estimate of drug-likeness (QED) is 0.278. The van der Waals surface area contributed by atoms with Gasteiger partial charge in [0.25, 0.3) is 0 Å². The summed E-state index contributed by atoms with van der Waals surface area (Å²) in [4.78, 5) is 12.1. The Hall–Kier alpha value is -3.72. The van der Waals surface area contributed by atoms with Crippen LogP contribution >= 0.6 is 0 Å². The van der Waals surface area contributed by atoms with Crippen LogP contribution in [0.3, 0.4) is 0 Å². The predicted octanol–water partition coefficient (Wildman–Crippen LogP) is 7.63. The van der Waals surface area contributed by atoms with Crippen LogP contribution in [0.15, 0.2) is 109 Å². The van der Waals surface area contributed by atoms with Crippen molar-refractivity contribution in [1.82, 2.24) is 0 Å². The van der Waals surface area contributed by atoms with E-state index in [9.17, 15) is 0 Å². The van der Waals surface area contributed by atoms with E-state index in [1.54, 1.807) is 0 Å². The molecule has 8 rings (SSSR count). The first-order valence-electron chi connectivity index (χ1n) is 11.0. The van der Waals surface area contributed by atoms with Gasteiger partial charge >= 0.3 is 0 Å². The Morgan fingerprint density at radius 2 is 0.781 bits per heavy atom. The lowest BCUT2D eigenvalue weighted by Gasteiger charge is -2.41. The Morgan fingerprint density at radius 3 is 1.22 bits per heavy atom. The second-order valence-electron chi connectivity index (χ2n) is 8.44. The van der Waals surface area contributed by atoms with Crippen LogP contribution < -0.4 is 0 Å². The van der Waals surface area contributed by atoms with E-state index < -0.39 is 0 Å². The molecule has 32 heavy (non-hydrogen) atoms. The number of hydrogen-bond acceptors (Lipinski definition) is 2. The molecule has 2 unspecified atom stereocenters. The molecule has 5 aromatic carbocycles. The van der Waals surface area contributed by atoms with Gasteiger partial charge in [-0.25, -0.2) is 9.78 Å². The molecule has 1 aliphatic carbocycles. The zero-order valence-electron chi connectivity index (χ0n) is 17.4. The van der Waals surface area contributed by atoms with Crippen LogP contribution in [-0.2, 0) is 9.78 Å². The van der Waals surface area contributed by atoms with E-state index in [0.29, 0.717) is 0 Å². The molecule has 0 radical (unpaired) electrons. The molecule has 2 aliphatic heterocycles. The Balaban J connectivity index is 1.69. The molecule has 0 amide bonds. The molecule has 0 spiro atoms. The first-order valence-corrected chi connectivity index (χ1v) is 11.0. The van der Waals surface area contributed by atoms with E-state index >= 15 is 0 Å². The van der Waals surface area contributed by atoms with Crippen LogP contribution in [0, 0.1) is 0 Å². The van der Waals surface area contributed by atoms with Crippen LogP contribution in [0.5, 0.6) is 0 Å². The Bertz CT molecular complexity index is 1360. The molecule has 0 saturated heterocycles. The number of fused-ring (bicyclic) bond motifs is 2. The molecule has 0 aromatic heterocycles. The van der Waals surface area contributed by atoms with E-state index in [-0.39, 0.29) is 12.2 Å². The van der Waals surface area contributed by atoms with E-state index in [4.69, 9.17) is 9.78 Å². The number of hydrogen-bond donors (Lipinski definition) is 0. The molecule has 0 N–H and O–H groups in total. The minimum Gasteiger partial charge on any atom is -0.223 e. The van der Waals surface area contributed by atoms with Gasteiger partial charge < -0.3 is 0 Å². The SMILES string of the molecule is c1ccc(-c2c3c(c(-c4ccccc4)c4ccccc24)C2OOC3c3ccccc32)cc1. The average Bonchev–Trinajstić information content (AvgIpc) is 2.88. The maximum Gasteiger partial charge on any atom is 0.144 e. The molecule has 2 atom stereocenters. The van der Waals surface area contributed by atoms with Gasteiger partial charge in [0.15, 0.2) is 0 Å². The van der Waals surface area contributed by atoms with Crippen molar-refractivity contribution in [2.24, 2.45) is 0 Å². The summed E-state index contributed by atoms with van der Waals surface area (Å²) in [5.74, 6) is 0. The van der Waals surface area contributed by atoms with Gasteiger partial charge in [0.2, 0.25) is 0 Å². The van der Waals surface area contributed by atoms with Gasteiger partial charge in [-0.2, -0.15) is 0 Å². The molecule has 2 heteroatoms. The molecular weight excluding hydrogens is 392 g/mol.